The van der Waals surface area contributed by atoms with Gasteiger partial charge in [-0.1, -0.05) is 27.7 Å². The van der Waals surface area contributed by atoms with Gasteiger partial charge in [0.2, 0.25) is 11.8 Å². The standard InChI is InChI=1S/C53H64F4N10O6/c1-27(2)44(62-51(70)73-6)49(68)65-17-7-9-42(65)47-58-36-23-30(32(54)25-38(36)60-47)40-11-12-41(67(40)29-21-34(56)46(35(57)22-29)64-19-15-53(13-14-53)16-20-64)31-24-37-39(26-33(31)55)61-48(59-37)43-10-8-18-66(43)50(69)45(28(3)4)63(5)52(71)72/h21-28,40-45H,7-20H2,1-6H3,(H,58,60)(H,59,61)(H,62,70)(H,71,72)/t40-,41-,42+,43+,44+,45+/m1/s1. The molecule has 20 heteroatoms. The first-order chi connectivity index (χ1) is 34.9. The quantitative estimate of drug-likeness (QED) is 0.0878. The van der Waals surface area contributed by atoms with E-state index in [0.29, 0.717) is 85.6 Å². The molecule has 1 aliphatic carbocycles. The highest BCUT2D eigenvalue weighted by Crippen LogP contribution is 2.55. The topological polar surface area (TPSA) is 183 Å². The second-order valence-electron chi connectivity index (χ2n) is 21.6. The maximum atomic E-state index is 16.9. The average Bonchev–Trinajstić information content (AvgIpc) is 4.01. The molecular weight excluding hydrogens is 949 g/mol. The number of carbonyl (C=O) groups excluding carboxylic acids is 3. The van der Waals surface area contributed by atoms with Gasteiger partial charge in [-0.15, -0.1) is 0 Å². The lowest BCUT2D eigenvalue weighted by molar-refractivity contribution is -0.138. The zero-order chi connectivity index (χ0) is 51.8. The zero-order valence-corrected chi connectivity index (χ0v) is 42.1. The van der Waals surface area contributed by atoms with E-state index in [0.717, 1.165) is 30.6 Å². The van der Waals surface area contributed by atoms with Crippen LogP contribution in [0.4, 0.5) is 38.5 Å². The molecule has 4 aliphatic heterocycles. The van der Waals surface area contributed by atoms with Crippen LogP contribution in [0.5, 0.6) is 0 Å². The maximum absolute atomic E-state index is 16.9. The third kappa shape index (κ3) is 9.16. The van der Waals surface area contributed by atoms with Crippen LogP contribution >= 0.6 is 0 Å². The van der Waals surface area contributed by atoms with Crippen molar-refractivity contribution in [1.82, 2.24) is 40.0 Å². The lowest BCUT2D eigenvalue weighted by Crippen LogP contribution is -2.51. The van der Waals surface area contributed by atoms with Crippen LogP contribution in [-0.4, -0.2) is 116 Å². The van der Waals surface area contributed by atoms with Crippen LogP contribution in [0.3, 0.4) is 0 Å². The number of nitrogens with one attached hydrogen (secondary N) is 3. The fourth-order valence-corrected chi connectivity index (χ4v) is 12.3. The number of ether oxygens (including phenoxy) is 1. The molecule has 5 fully saturated rings. The van der Waals surface area contributed by atoms with E-state index >= 15 is 17.6 Å². The fourth-order valence-electron chi connectivity index (χ4n) is 12.3. The van der Waals surface area contributed by atoms with Gasteiger partial charge in [0.25, 0.3) is 0 Å². The number of hydrogen-bond acceptors (Lipinski definition) is 9. The van der Waals surface area contributed by atoms with E-state index in [1.54, 1.807) is 45.6 Å². The number of methoxy groups -OCH3 is 1. The van der Waals surface area contributed by atoms with E-state index in [1.165, 1.54) is 38.4 Å². The molecule has 4 N–H and O–H groups in total. The second kappa shape index (κ2) is 19.3. The summed E-state index contributed by atoms with van der Waals surface area (Å²) >= 11 is 0. The number of fused-ring (bicyclic) bond motifs is 2. The summed E-state index contributed by atoms with van der Waals surface area (Å²) in [7, 11) is 2.61. The number of halogens is 4. The van der Waals surface area contributed by atoms with Crippen molar-refractivity contribution >= 4 is 57.4 Å². The lowest BCUT2D eigenvalue weighted by Gasteiger charge is -2.36. The Balaban J connectivity index is 1.00. The fraction of sp³-hybridized carbons (Fsp3) is 0.547. The molecule has 3 aromatic carbocycles. The van der Waals surface area contributed by atoms with Crippen molar-refractivity contribution in [2.24, 2.45) is 17.3 Å². The van der Waals surface area contributed by atoms with Gasteiger partial charge in [0.1, 0.15) is 41.1 Å². The Morgan fingerprint density at radius 3 is 1.66 bits per heavy atom. The zero-order valence-electron chi connectivity index (χ0n) is 42.1. The monoisotopic (exact) mass is 1010 g/mol. The molecule has 10 rings (SSSR count). The third-order valence-electron chi connectivity index (χ3n) is 16.4. The first-order valence-electron chi connectivity index (χ1n) is 25.7. The predicted octanol–water partition coefficient (Wildman–Crippen LogP) is 9.80. The van der Waals surface area contributed by atoms with E-state index in [9.17, 15) is 24.3 Å². The van der Waals surface area contributed by atoms with Crippen LogP contribution < -0.4 is 15.1 Å². The molecule has 390 valence electrons. The number of H-pyrrole nitrogens is 2. The van der Waals surface area contributed by atoms with Gasteiger partial charge >= 0.3 is 12.2 Å². The Morgan fingerprint density at radius 2 is 1.21 bits per heavy atom. The molecule has 5 aromatic rings. The number of imidazole rings is 2. The SMILES string of the molecule is COC(=O)N[C@H](C(=O)N1CCC[C@H]1c1nc2cc(F)c([C@H]3CC[C@H](c4cc5[nH]c([C@@H]6CCCN6C(=O)[C@H](C(C)C)N(C)C(=O)O)nc5cc4F)N3c3cc(F)c(N4CCC5(CC4)CC5)c(F)c3)cc2[nH]1)C(C)C. The van der Waals surface area contributed by atoms with Crippen molar-refractivity contribution in [3.63, 3.8) is 0 Å². The number of carbonyl (C=O) groups is 4. The van der Waals surface area contributed by atoms with E-state index < -0.39 is 71.7 Å². The Bertz CT molecular complexity index is 2940. The van der Waals surface area contributed by atoms with Crippen LogP contribution in [0.15, 0.2) is 36.4 Å². The number of hydrogen-bond donors (Lipinski definition) is 4. The van der Waals surface area contributed by atoms with Gasteiger partial charge in [-0.3, -0.25) is 14.5 Å². The van der Waals surface area contributed by atoms with E-state index in [1.807, 2.05) is 13.8 Å². The van der Waals surface area contributed by atoms with Crippen molar-refractivity contribution in [2.75, 3.05) is 50.1 Å². The summed E-state index contributed by atoms with van der Waals surface area (Å²) in [5, 5.41) is 12.4. The normalized spacial score (nSPS) is 22.6. The molecule has 0 radical (unpaired) electrons. The number of likely N-dealkylation sites (tertiary alicyclic amines) is 2. The van der Waals surface area contributed by atoms with Crippen molar-refractivity contribution in [1.29, 1.82) is 0 Å². The lowest BCUT2D eigenvalue weighted by atomic mass is 9.93. The average molecular weight is 1010 g/mol. The van der Waals surface area contributed by atoms with Gasteiger partial charge in [0, 0.05) is 62.2 Å². The number of rotatable bonds is 12. The van der Waals surface area contributed by atoms with Gasteiger partial charge in [0.05, 0.1) is 53.3 Å². The highest BCUT2D eigenvalue weighted by molar-refractivity contribution is 5.87. The van der Waals surface area contributed by atoms with Gasteiger partial charge < -0.3 is 44.7 Å². The van der Waals surface area contributed by atoms with E-state index in [-0.39, 0.29) is 64.4 Å². The highest BCUT2D eigenvalue weighted by Gasteiger charge is 2.46. The summed E-state index contributed by atoms with van der Waals surface area (Å²) in [4.78, 5) is 76.0. The Morgan fingerprint density at radius 1 is 0.699 bits per heavy atom. The number of aromatic nitrogens is 4. The minimum absolute atomic E-state index is 0.114. The van der Waals surface area contributed by atoms with Crippen molar-refractivity contribution in [3.8, 4) is 0 Å². The molecule has 1 saturated carbocycles. The molecule has 5 aliphatic rings. The molecule has 4 amide bonds. The van der Waals surface area contributed by atoms with Gasteiger partial charge in [0.15, 0.2) is 11.6 Å². The number of alkyl carbamates (subject to hydrolysis) is 1. The third-order valence-corrected chi connectivity index (χ3v) is 16.4. The van der Waals surface area contributed by atoms with Crippen LogP contribution in [0, 0.1) is 40.5 Å². The molecular formula is C53H64F4N10O6. The van der Waals surface area contributed by atoms with Crippen molar-refractivity contribution < 1.29 is 46.6 Å². The maximum Gasteiger partial charge on any atom is 0.407 e. The molecule has 16 nitrogen and oxygen atoms in total. The first-order valence-corrected chi connectivity index (χ1v) is 25.7. The van der Waals surface area contributed by atoms with Crippen LogP contribution in [0.25, 0.3) is 22.1 Å². The minimum Gasteiger partial charge on any atom is -0.465 e. The predicted molar refractivity (Wildman–Crippen MR) is 265 cm³/mol. The number of nitrogens with zero attached hydrogens (tertiary/aromatic N) is 7. The molecule has 73 heavy (non-hydrogen) atoms. The summed E-state index contributed by atoms with van der Waals surface area (Å²) in [6.07, 6.45) is 5.00. The van der Waals surface area contributed by atoms with Crippen LogP contribution in [-0.2, 0) is 14.3 Å². The smallest absolute Gasteiger partial charge is 0.407 e. The Labute approximate surface area is 420 Å². The number of amides is 4. The van der Waals surface area contributed by atoms with E-state index in [4.69, 9.17) is 14.7 Å². The van der Waals surface area contributed by atoms with Crippen molar-refractivity contribution in [2.45, 2.75) is 128 Å². The number of benzene rings is 3. The molecule has 6 atom stereocenters. The molecule has 1 spiro atoms. The number of piperidine rings is 1. The van der Waals surface area contributed by atoms with Crippen LogP contribution in [0.2, 0.25) is 0 Å². The summed E-state index contributed by atoms with van der Waals surface area (Å²) in [5.41, 5.74) is 2.21. The largest absolute Gasteiger partial charge is 0.465 e. The van der Waals surface area contributed by atoms with Gasteiger partial charge in [-0.25, -0.2) is 37.1 Å². The molecule has 6 heterocycles. The Kier molecular flexibility index (Phi) is 13.2. The summed E-state index contributed by atoms with van der Waals surface area (Å²) < 4.78 is 71.8. The Hall–Kier alpha value is -6.60. The van der Waals surface area contributed by atoms with Gasteiger partial charge in [-0.2, -0.15) is 0 Å². The number of likely N-dealkylation sites (N-methyl/N-ethyl adjacent to an activating group) is 1. The number of carboxylic acid groups (broad SMARTS) is 1. The van der Waals surface area contributed by atoms with Crippen molar-refractivity contribution in [3.05, 3.63) is 82.4 Å². The molecule has 2 aromatic heterocycles. The molecule has 0 bridgehead atoms. The summed E-state index contributed by atoms with van der Waals surface area (Å²) in [5.74, 6) is -3.14. The summed E-state index contributed by atoms with van der Waals surface area (Å²) in [6.45, 7) is 9.08. The number of anilines is 2. The highest BCUT2D eigenvalue weighted by atomic mass is 19.1. The van der Waals surface area contributed by atoms with Crippen LogP contribution in [0.1, 0.15) is 139 Å². The van der Waals surface area contributed by atoms with E-state index in [2.05, 4.69) is 15.3 Å². The first kappa shape index (κ1) is 50.0. The molecule has 0 unspecified atom stereocenters. The number of aromatic amines is 2. The van der Waals surface area contributed by atoms with Gasteiger partial charge in [-0.05, 0) is 106 Å². The second-order valence-corrected chi connectivity index (χ2v) is 21.6. The minimum atomic E-state index is -1.22. The summed E-state index contributed by atoms with van der Waals surface area (Å²) in [6, 6.07) is 3.92. The molecule has 4 saturated heterocycles.